The van der Waals surface area contributed by atoms with Crippen LogP contribution in [0.25, 0.3) is 0 Å². The first-order valence-electron chi connectivity index (χ1n) is 2.87. The van der Waals surface area contributed by atoms with Crippen molar-refractivity contribution in [2.45, 2.75) is 10.2 Å². The molecule has 4 heteroatoms. The number of hydrogen-bond acceptors (Lipinski definition) is 2. The van der Waals surface area contributed by atoms with Gasteiger partial charge in [-0.25, -0.2) is 0 Å². The Balaban J connectivity index is 3.79. The highest BCUT2D eigenvalue weighted by Crippen LogP contribution is 2.08. The molecule has 0 saturated heterocycles. The summed E-state index contributed by atoms with van der Waals surface area (Å²) in [6.45, 7) is 0. The molecule has 0 aliphatic rings. The summed E-state index contributed by atoms with van der Waals surface area (Å²) in [5.41, 5.74) is 0. The van der Waals surface area contributed by atoms with E-state index in [1.54, 1.807) is 7.11 Å². The predicted molar refractivity (Wildman–Crippen MR) is 60.8 cm³/mol. The van der Waals surface area contributed by atoms with Crippen molar-refractivity contribution in [3.05, 3.63) is 10.2 Å². The van der Waals surface area contributed by atoms with Crippen LogP contribution in [0.2, 0.25) is 0 Å². The minimum atomic E-state index is 0.202. The van der Waals surface area contributed by atoms with E-state index in [1.165, 1.54) is 0 Å². The molecule has 10 heavy (non-hydrogen) atoms. The molecular weight excluding hydrogens is 356 g/mol. The third kappa shape index (κ3) is 4.09. The normalized spacial score (nSPS) is 17.6. The molecule has 0 spiro atoms. The molecule has 0 aromatic rings. The summed E-state index contributed by atoms with van der Waals surface area (Å²) >= 11 is 4.45. The SMILES string of the molecule is CNC(/C=C\I)C(I)OC. The standard InChI is InChI=1S/C6H11I2NO/c1-9-5(3-4-7)6(8)10-2/h3-6,9H,1-2H3/b4-3-. The Kier molecular flexibility index (Phi) is 7.57. The first kappa shape index (κ1) is 11.1. The summed E-state index contributed by atoms with van der Waals surface area (Å²) < 4.78 is 7.32. The van der Waals surface area contributed by atoms with Crippen LogP contribution in [0.15, 0.2) is 10.2 Å². The van der Waals surface area contributed by atoms with Crippen LogP contribution in [-0.2, 0) is 4.74 Å². The predicted octanol–water partition coefficient (Wildman–Crippen LogP) is 1.93. The lowest BCUT2D eigenvalue weighted by Crippen LogP contribution is -2.32. The van der Waals surface area contributed by atoms with Crippen LogP contribution < -0.4 is 5.32 Å². The Morgan fingerprint density at radius 3 is 2.50 bits per heavy atom. The summed E-state index contributed by atoms with van der Waals surface area (Å²) in [4.78, 5) is 0. The summed E-state index contributed by atoms with van der Waals surface area (Å²) in [5, 5.41) is 3.13. The van der Waals surface area contributed by atoms with E-state index in [0.29, 0.717) is 6.04 Å². The molecule has 0 saturated carbocycles. The third-order valence-corrected chi connectivity index (χ3v) is 2.82. The van der Waals surface area contributed by atoms with Crippen molar-refractivity contribution >= 4 is 45.2 Å². The second-order valence-corrected chi connectivity index (χ2v) is 3.67. The molecular formula is C6H11I2NO. The van der Waals surface area contributed by atoms with Crippen molar-refractivity contribution in [3.63, 3.8) is 0 Å². The number of ether oxygens (including phenoxy) is 1. The zero-order chi connectivity index (χ0) is 7.98. The highest BCUT2D eigenvalue weighted by molar-refractivity contribution is 14.1. The van der Waals surface area contributed by atoms with Gasteiger partial charge in [0.15, 0.2) is 0 Å². The van der Waals surface area contributed by atoms with Crippen LogP contribution in [0, 0.1) is 0 Å². The van der Waals surface area contributed by atoms with Crippen molar-refractivity contribution in [2.75, 3.05) is 14.2 Å². The molecule has 0 rings (SSSR count). The minimum Gasteiger partial charge on any atom is -0.369 e. The number of hydrogen-bond donors (Lipinski definition) is 1. The van der Waals surface area contributed by atoms with Crippen molar-refractivity contribution < 1.29 is 4.74 Å². The summed E-state index contributed by atoms with van der Waals surface area (Å²) in [6.07, 6.45) is 2.07. The van der Waals surface area contributed by atoms with Crippen LogP contribution >= 0.6 is 45.2 Å². The average Bonchev–Trinajstić information content (AvgIpc) is 1.99. The van der Waals surface area contributed by atoms with E-state index in [4.69, 9.17) is 4.74 Å². The van der Waals surface area contributed by atoms with Gasteiger partial charge in [-0.2, -0.15) is 0 Å². The van der Waals surface area contributed by atoms with Crippen molar-refractivity contribution in [1.29, 1.82) is 0 Å². The molecule has 1 N–H and O–H groups in total. The minimum absolute atomic E-state index is 0.202. The molecule has 2 unspecified atom stereocenters. The van der Waals surface area contributed by atoms with Gasteiger partial charge < -0.3 is 10.1 Å². The summed E-state index contributed by atoms with van der Waals surface area (Å²) in [6, 6.07) is 0.308. The summed E-state index contributed by atoms with van der Waals surface area (Å²) in [7, 11) is 3.63. The lowest BCUT2D eigenvalue weighted by molar-refractivity contribution is 0.167. The van der Waals surface area contributed by atoms with Gasteiger partial charge in [0.05, 0.1) is 6.04 Å². The maximum absolute atomic E-state index is 5.13. The second kappa shape index (κ2) is 6.81. The zero-order valence-corrected chi connectivity index (χ0v) is 10.3. The fourth-order valence-electron chi connectivity index (χ4n) is 0.540. The highest BCUT2D eigenvalue weighted by atomic mass is 127. The van der Waals surface area contributed by atoms with Crippen LogP contribution in [0.1, 0.15) is 0 Å². The zero-order valence-electron chi connectivity index (χ0n) is 5.97. The Morgan fingerprint density at radius 2 is 2.20 bits per heavy atom. The van der Waals surface area contributed by atoms with Gasteiger partial charge in [-0.3, -0.25) is 0 Å². The molecule has 2 atom stereocenters. The van der Waals surface area contributed by atoms with Crippen LogP contribution in [0.3, 0.4) is 0 Å². The van der Waals surface area contributed by atoms with E-state index in [1.807, 2.05) is 11.1 Å². The fourth-order valence-corrected chi connectivity index (χ4v) is 1.59. The first-order valence-corrected chi connectivity index (χ1v) is 5.36. The molecule has 60 valence electrons. The highest BCUT2D eigenvalue weighted by Gasteiger charge is 2.11. The first-order chi connectivity index (χ1) is 4.76. The topological polar surface area (TPSA) is 21.3 Å². The Bertz CT molecular complexity index is 108. The van der Waals surface area contributed by atoms with Crippen LogP contribution in [0.5, 0.6) is 0 Å². The quantitative estimate of drug-likeness (QED) is 0.606. The molecule has 2 nitrogen and oxygen atoms in total. The van der Waals surface area contributed by atoms with E-state index in [-0.39, 0.29) is 4.11 Å². The van der Waals surface area contributed by atoms with Gasteiger partial charge in [0.1, 0.15) is 4.11 Å². The van der Waals surface area contributed by atoms with Gasteiger partial charge in [0.25, 0.3) is 0 Å². The van der Waals surface area contributed by atoms with Gasteiger partial charge in [-0.1, -0.05) is 28.7 Å². The van der Waals surface area contributed by atoms with Crippen LogP contribution in [-0.4, -0.2) is 24.3 Å². The Hall–Kier alpha value is 1.12. The summed E-state index contributed by atoms with van der Waals surface area (Å²) in [5.74, 6) is 0. The molecule has 0 fully saturated rings. The van der Waals surface area contributed by atoms with E-state index in [9.17, 15) is 0 Å². The number of halogens is 2. The number of rotatable bonds is 4. The van der Waals surface area contributed by atoms with E-state index < -0.39 is 0 Å². The average molecular weight is 367 g/mol. The Labute approximate surface area is 89.1 Å². The molecule has 0 aromatic carbocycles. The second-order valence-electron chi connectivity index (χ2n) is 1.72. The maximum Gasteiger partial charge on any atom is 0.127 e. The van der Waals surface area contributed by atoms with Gasteiger partial charge in [-0.15, -0.1) is 0 Å². The van der Waals surface area contributed by atoms with Crippen molar-refractivity contribution in [3.8, 4) is 0 Å². The van der Waals surface area contributed by atoms with Crippen molar-refractivity contribution in [2.24, 2.45) is 0 Å². The van der Waals surface area contributed by atoms with Gasteiger partial charge >= 0.3 is 0 Å². The number of methoxy groups -OCH3 is 1. The lowest BCUT2D eigenvalue weighted by atomic mass is 10.3. The molecule has 0 aliphatic heterocycles. The molecule has 0 bridgehead atoms. The number of likely N-dealkylation sites (N-methyl/N-ethyl adjacent to an activating group) is 1. The van der Waals surface area contributed by atoms with Gasteiger partial charge in [-0.05, 0) is 33.7 Å². The van der Waals surface area contributed by atoms with E-state index >= 15 is 0 Å². The molecule has 0 aromatic heterocycles. The van der Waals surface area contributed by atoms with Gasteiger partial charge in [0, 0.05) is 7.11 Å². The number of alkyl halides is 1. The largest absolute Gasteiger partial charge is 0.369 e. The van der Waals surface area contributed by atoms with Crippen molar-refractivity contribution in [1.82, 2.24) is 5.32 Å². The van der Waals surface area contributed by atoms with Gasteiger partial charge in [0.2, 0.25) is 0 Å². The molecule has 0 radical (unpaired) electrons. The molecule has 0 heterocycles. The Morgan fingerprint density at radius 1 is 1.60 bits per heavy atom. The van der Waals surface area contributed by atoms with E-state index in [2.05, 4.69) is 56.6 Å². The monoisotopic (exact) mass is 367 g/mol. The smallest absolute Gasteiger partial charge is 0.127 e. The van der Waals surface area contributed by atoms with E-state index in [0.717, 1.165) is 0 Å². The number of nitrogens with one attached hydrogen (secondary N) is 1. The maximum atomic E-state index is 5.13. The molecule has 0 aliphatic carbocycles. The van der Waals surface area contributed by atoms with Crippen LogP contribution in [0.4, 0.5) is 0 Å². The molecule has 0 amide bonds. The fraction of sp³-hybridized carbons (Fsp3) is 0.667. The third-order valence-electron chi connectivity index (χ3n) is 1.12. The lowest BCUT2D eigenvalue weighted by Gasteiger charge is -2.16.